The molecule has 0 bridgehead atoms. The Kier molecular flexibility index (Phi) is 8.81. The van der Waals surface area contributed by atoms with Crippen molar-refractivity contribution < 1.29 is 42.5 Å². The number of thioether (sulfide) groups is 1. The van der Waals surface area contributed by atoms with E-state index >= 15 is 0 Å². The van der Waals surface area contributed by atoms with Crippen molar-refractivity contribution in [1.82, 2.24) is 5.32 Å². The summed E-state index contributed by atoms with van der Waals surface area (Å²) < 4.78 is 35.1. The van der Waals surface area contributed by atoms with Gasteiger partial charge in [0, 0.05) is 32.6 Å². The minimum Gasteiger partial charge on any atom is -0.463 e. The number of benzene rings is 1. The van der Waals surface area contributed by atoms with E-state index in [1.54, 1.807) is 0 Å². The lowest BCUT2D eigenvalue weighted by atomic mass is 9.97. The van der Waals surface area contributed by atoms with Crippen molar-refractivity contribution in [2.45, 2.75) is 62.4 Å². The number of nitrogens with one attached hydrogen (secondary N) is 1. The van der Waals surface area contributed by atoms with Gasteiger partial charge in [-0.15, -0.1) is 0 Å². The number of halogens is 1. The predicted molar refractivity (Wildman–Crippen MR) is 106 cm³/mol. The van der Waals surface area contributed by atoms with Crippen LogP contribution in [0.2, 0.25) is 0 Å². The number of hydrogen-bond acceptors (Lipinski definition) is 9. The Hall–Kier alpha value is -2.66. The van der Waals surface area contributed by atoms with Crippen molar-refractivity contribution in [3.63, 3.8) is 0 Å². The Morgan fingerprint density at radius 2 is 1.55 bits per heavy atom. The summed E-state index contributed by atoms with van der Waals surface area (Å²) in [7, 11) is 0. The van der Waals surface area contributed by atoms with Gasteiger partial charge in [0.15, 0.2) is 12.2 Å². The van der Waals surface area contributed by atoms with Crippen molar-refractivity contribution in [3.05, 3.63) is 30.1 Å². The molecule has 1 saturated heterocycles. The van der Waals surface area contributed by atoms with Crippen LogP contribution in [-0.2, 0) is 38.1 Å². The topological polar surface area (TPSA) is 117 Å². The molecular formula is C20H24FNO8S. The van der Waals surface area contributed by atoms with E-state index < -0.39 is 59.4 Å². The maximum Gasteiger partial charge on any atom is 0.303 e. The van der Waals surface area contributed by atoms with Gasteiger partial charge < -0.3 is 24.3 Å². The summed E-state index contributed by atoms with van der Waals surface area (Å²) in [6, 6.07) is 4.65. The average molecular weight is 457 g/mol. The molecule has 1 heterocycles. The minimum absolute atomic E-state index is 0.279. The molecule has 1 fully saturated rings. The number of hydrogen-bond donors (Lipinski definition) is 1. The fourth-order valence-electron chi connectivity index (χ4n) is 3.04. The number of esters is 3. The second-order valence-electron chi connectivity index (χ2n) is 6.79. The Bertz CT molecular complexity index is 818. The summed E-state index contributed by atoms with van der Waals surface area (Å²) in [6.45, 7) is 4.54. The molecule has 1 aliphatic rings. The van der Waals surface area contributed by atoms with Crippen LogP contribution in [0.15, 0.2) is 29.2 Å². The Morgan fingerprint density at radius 3 is 2.06 bits per heavy atom. The van der Waals surface area contributed by atoms with Gasteiger partial charge >= 0.3 is 17.9 Å². The molecule has 1 aliphatic heterocycles. The van der Waals surface area contributed by atoms with Crippen LogP contribution in [0.5, 0.6) is 0 Å². The molecule has 5 unspecified atom stereocenters. The highest BCUT2D eigenvalue weighted by atomic mass is 32.2. The number of amides is 1. The van der Waals surface area contributed by atoms with Crippen LogP contribution in [0, 0.1) is 5.82 Å². The van der Waals surface area contributed by atoms with Gasteiger partial charge in [0.2, 0.25) is 5.91 Å². The molecule has 2 rings (SSSR count). The zero-order chi connectivity index (χ0) is 23.1. The third-order valence-corrected chi connectivity index (χ3v) is 5.32. The van der Waals surface area contributed by atoms with E-state index in [0.29, 0.717) is 4.90 Å². The van der Waals surface area contributed by atoms with E-state index in [4.69, 9.17) is 18.9 Å². The van der Waals surface area contributed by atoms with Gasteiger partial charge in [-0.3, -0.25) is 19.2 Å². The maximum atomic E-state index is 13.3. The van der Waals surface area contributed by atoms with Gasteiger partial charge in [-0.2, -0.15) is 0 Å². The van der Waals surface area contributed by atoms with Crippen LogP contribution in [0.3, 0.4) is 0 Å². The number of carbonyl (C=O) groups excluding carboxylic acids is 4. The van der Waals surface area contributed by atoms with Crippen LogP contribution < -0.4 is 5.32 Å². The van der Waals surface area contributed by atoms with Crippen LogP contribution in [0.1, 0.15) is 27.7 Å². The van der Waals surface area contributed by atoms with E-state index in [-0.39, 0.29) is 6.61 Å². The van der Waals surface area contributed by atoms with E-state index in [0.717, 1.165) is 11.8 Å². The lowest BCUT2D eigenvalue weighted by Crippen LogP contribution is -2.65. The first-order chi connectivity index (χ1) is 14.6. The quantitative estimate of drug-likeness (QED) is 0.481. The van der Waals surface area contributed by atoms with Crippen molar-refractivity contribution >= 4 is 35.6 Å². The fourth-order valence-corrected chi connectivity index (χ4v) is 4.17. The summed E-state index contributed by atoms with van der Waals surface area (Å²) in [6.07, 6.45) is -3.26. The molecule has 11 heteroatoms. The first kappa shape index (κ1) is 24.6. The molecule has 1 aromatic rings. The highest BCUT2D eigenvalue weighted by Crippen LogP contribution is 2.36. The predicted octanol–water partition coefficient (Wildman–Crippen LogP) is 1.57. The SMILES string of the molecule is CC(=O)NC1C(Sc2ccc(F)cc2)OC(COC(C)=O)C(OC(C)=O)C1OC(C)=O. The normalized spacial score (nSPS) is 25.3. The highest BCUT2D eigenvalue weighted by Gasteiger charge is 2.51. The zero-order valence-electron chi connectivity index (χ0n) is 17.5. The van der Waals surface area contributed by atoms with Gasteiger partial charge in [-0.1, -0.05) is 11.8 Å². The van der Waals surface area contributed by atoms with Gasteiger partial charge in [0.25, 0.3) is 0 Å². The second kappa shape index (κ2) is 11.1. The summed E-state index contributed by atoms with van der Waals surface area (Å²) in [5.41, 5.74) is -0.842. The molecule has 5 atom stereocenters. The second-order valence-corrected chi connectivity index (χ2v) is 7.96. The molecule has 31 heavy (non-hydrogen) atoms. The van der Waals surface area contributed by atoms with Crippen LogP contribution in [-0.4, -0.2) is 60.2 Å². The van der Waals surface area contributed by atoms with Crippen molar-refractivity contribution in [3.8, 4) is 0 Å². The van der Waals surface area contributed by atoms with E-state index in [1.807, 2.05) is 0 Å². The smallest absolute Gasteiger partial charge is 0.303 e. The molecule has 0 saturated carbocycles. The minimum atomic E-state index is -1.15. The zero-order valence-corrected chi connectivity index (χ0v) is 18.3. The van der Waals surface area contributed by atoms with E-state index in [2.05, 4.69) is 5.32 Å². The van der Waals surface area contributed by atoms with Crippen molar-refractivity contribution in [2.75, 3.05) is 6.61 Å². The summed E-state index contributed by atoms with van der Waals surface area (Å²) in [5.74, 6) is -2.79. The molecule has 0 aliphatic carbocycles. The number of rotatable bonds is 7. The lowest BCUT2D eigenvalue weighted by Gasteiger charge is -2.45. The van der Waals surface area contributed by atoms with E-state index in [9.17, 15) is 23.6 Å². The third kappa shape index (κ3) is 7.51. The highest BCUT2D eigenvalue weighted by molar-refractivity contribution is 7.99. The molecule has 1 amide bonds. The van der Waals surface area contributed by atoms with Gasteiger partial charge in [0.05, 0.1) is 0 Å². The molecule has 0 radical (unpaired) electrons. The van der Waals surface area contributed by atoms with Gasteiger partial charge in [-0.05, 0) is 24.3 Å². The molecule has 0 spiro atoms. The number of carbonyl (C=O) groups is 4. The molecule has 1 N–H and O–H groups in total. The molecule has 9 nitrogen and oxygen atoms in total. The first-order valence-electron chi connectivity index (χ1n) is 9.39. The summed E-state index contributed by atoms with van der Waals surface area (Å²) in [4.78, 5) is 47.3. The van der Waals surface area contributed by atoms with Gasteiger partial charge in [-0.25, -0.2) is 4.39 Å². The Morgan fingerprint density at radius 1 is 0.968 bits per heavy atom. The maximum absolute atomic E-state index is 13.3. The largest absolute Gasteiger partial charge is 0.463 e. The first-order valence-corrected chi connectivity index (χ1v) is 10.3. The van der Waals surface area contributed by atoms with E-state index in [1.165, 1.54) is 52.0 Å². The Balaban J connectivity index is 2.43. The fraction of sp³-hybridized carbons (Fsp3) is 0.500. The van der Waals surface area contributed by atoms with Crippen LogP contribution in [0.4, 0.5) is 4.39 Å². The van der Waals surface area contributed by atoms with Crippen LogP contribution >= 0.6 is 11.8 Å². The summed E-state index contributed by atoms with van der Waals surface area (Å²) >= 11 is 1.14. The lowest BCUT2D eigenvalue weighted by molar-refractivity contribution is -0.211. The number of ether oxygens (including phenoxy) is 4. The third-order valence-electron chi connectivity index (χ3n) is 4.14. The molecule has 1 aromatic carbocycles. The monoisotopic (exact) mass is 457 g/mol. The standard InChI is InChI=1S/C20H24FNO8S/c1-10(23)22-17-19(29-13(4)26)18(28-12(3)25)16(9-27-11(2)24)30-20(17)31-15-7-5-14(21)6-8-15/h5-8,16-20H,9H2,1-4H3,(H,22,23). The summed E-state index contributed by atoms with van der Waals surface area (Å²) in [5, 5.41) is 2.67. The van der Waals surface area contributed by atoms with Crippen molar-refractivity contribution in [1.29, 1.82) is 0 Å². The average Bonchev–Trinajstić information content (AvgIpc) is 2.65. The van der Waals surface area contributed by atoms with Crippen molar-refractivity contribution in [2.24, 2.45) is 0 Å². The molecule has 170 valence electrons. The van der Waals surface area contributed by atoms with Gasteiger partial charge in [0.1, 0.15) is 30.0 Å². The molecular weight excluding hydrogens is 433 g/mol. The van der Waals surface area contributed by atoms with Crippen LogP contribution in [0.25, 0.3) is 0 Å². The molecule has 0 aromatic heterocycles. The Labute approximate surface area is 182 Å².